The van der Waals surface area contributed by atoms with Gasteiger partial charge in [0.25, 0.3) is 10.0 Å². The Morgan fingerprint density at radius 1 is 1.44 bits per heavy atom. The summed E-state index contributed by atoms with van der Waals surface area (Å²) >= 11 is 0. The zero-order valence-corrected chi connectivity index (χ0v) is 9.84. The van der Waals surface area contributed by atoms with Gasteiger partial charge in [-0.1, -0.05) is 6.42 Å². The quantitative estimate of drug-likeness (QED) is 0.762. The smallest absolute Gasteiger partial charge is 0.300 e. The second-order valence-electron chi connectivity index (χ2n) is 3.97. The van der Waals surface area contributed by atoms with E-state index in [1.165, 1.54) is 6.92 Å². The standard InChI is InChI=1S/C9H15F2NO3S/c1-7(13)6-8-4-2-3-5-12(8)16(14,15)9(10)11/h8-9H,2-6H2,1H3. The van der Waals surface area contributed by atoms with Crippen LogP contribution in [0.15, 0.2) is 0 Å². The third-order valence-corrected chi connectivity index (χ3v) is 4.23. The molecule has 0 aliphatic carbocycles. The normalized spacial score (nSPS) is 23.6. The van der Waals surface area contributed by atoms with Gasteiger partial charge < -0.3 is 0 Å². The number of sulfonamides is 1. The van der Waals surface area contributed by atoms with Crippen LogP contribution in [0, 0.1) is 0 Å². The largest absolute Gasteiger partial charge is 0.350 e. The summed E-state index contributed by atoms with van der Waals surface area (Å²) in [4.78, 5) is 10.9. The van der Waals surface area contributed by atoms with E-state index in [2.05, 4.69) is 0 Å². The van der Waals surface area contributed by atoms with Gasteiger partial charge in [-0.05, 0) is 19.8 Å². The fraction of sp³-hybridized carbons (Fsp3) is 0.889. The molecule has 1 rings (SSSR count). The molecule has 0 radical (unpaired) electrons. The number of piperidine rings is 1. The van der Waals surface area contributed by atoms with Gasteiger partial charge in [0.05, 0.1) is 0 Å². The summed E-state index contributed by atoms with van der Waals surface area (Å²) in [5, 5.41) is 0. The Bertz CT molecular complexity index is 356. The van der Waals surface area contributed by atoms with Crippen LogP contribution < -0.4 is 0 Å². The second kappa shape index (κ2) is 5.18. The lowest BCUT2D eigenvalue weighted by Crippen LogP contribution is -2.46. The third-order valence-electron chi connectivity index (χ3n) is 2.65. The molecule has 1 heterocycles. The lowest BCUT2D eigenvalue weighted by Gasteiger charge is -2.33. The molecule has 0 spiro atoms. The maximum Gasteiger partial charge on any atom is 0.350 e. The molecule has 7 heteroatoms. The first-order valence-corrected chi connectivity index (χ1v) is 6.64. The Morgan fingerprint density at radius 2 is 2.06 bits per heavy atom. The Morgan fingerprint density at radius 3 is 2.56 bits per heavy atom. The predicted octanol–water partition coefficient (Wildman–Crippen LogP) is 1.37. The molecule has 1 unspecified atom stereocenters. The molecule has 0 aromatic rings. The maximum atomic E-state index is 12.4. The van der Waals surface area contributed by atoms with E-state index in [1.54, 1.807) is 0 Å². The Kier molecular flexibility index (Phi) is 4.37. The second-order valence-corrected chi connectivity index (χ2v) is 5.83. The predicted molar refractivity (Wildman–Crippen MR) is 54.6 cm³/mol. The fourth-order valence-corrected chi connectivity index (χ4v) is 3.13. The molecule has 0 aromatic heterocycles. The lowest BCUT2D eigenvalue weighted by atomic mass is 10.0. The minimum Gasteiger partial charge on any atom is -0.300 e. The summed E-state index contributed by atoms with van der Waals surface area (Å²) in [6, 6.07) is -0.592. The van der Waals surface area contributed by atoms with Gasteiger partial charge in [-0.2, -0.15) is 13.1 Å². The Hall–Kier alpha value is -0.560. The monoisotopic (exact) mass is 255 g/mol. The van der Waals surface area contributed by atoms with Crippen LogP contribution in [-0.4, -0.2) is 36.9 Å². The van der Waals surface area contributed by atoms with Crippen molar-refractivity contribution in [2.75, 3.05) is 6.54 Å². The highest BCUT2D eigenvalue weighted by atomic mass is 32.2. The van der Waals surface area contributed by atoms with E-state index in [1.807, 2.05) is 0 Å². The van der Waals surface area contributed by atoms with E-state index in [-0.39, 0.29) is 18.7 Å². The molecule has 1 aliphatic rings. The number of hydrogen-bond acceptors (Lipinski definition) is 3. The third kappa shape index (κ3) is 2.98. The fourth-order valence-electron chi connectivity index (χ4n) is 1.95. The summed E-state index contributed by atoms with van der Waals surface area (Å²) in [6.45, 7) is 1.42. The lowest BCUT2D eigenvalue weighted by molar-refractivity contribution is -0.118. The van der Waals surface area contributed by atoms with Crippen molar-refractivity contribution >= 4 is 15.8 Å². The molecular formula is C9H15F2NO3S. The number of halogens is 2. The highest BCUT2D eigenvalue weighted by molar-refractivity contribution is 7.89. The summed E-state index contributed by atoms with van der Waals surface area (Å²) in [7, 11) is -4.55. The van der Waals surface area contributed by atoms with Crippen molar-refractivity contribution in [3.05, 3.63) is 0 Å². The average Bonchev–Trinajstić information content (AvgIpc) is 2.17. The van der Waals surface area contributed by atoms with Gasteiger partial charge >= 0.3 is 5.76 Å². The van der Waals surface area contributed by atoms with E-state index in [9.17, 15) is 22.0 Å². The molecule has 1 saturated heterocycles. The van der Waals surface area contributed by atoms with Crippen molar-refractivity contribution in [1.29, 1.82) is 0 Å². The van der Waals surface area contributed by atoms with Gasteiger partial charge in [0, 0.05) is 19.0 Å². The van der Waals surface area contributed by atoms with Gasteiger partial charge in [-0.15, -0.1) is 0 Å². The van der Waals surface area contributed by atoms with E-state index in [4.69, 9.17) is 0 Å². The van der Waals surface area contributed by atoms with Crippen molar-refractivity contribution in [3.63, 3.8) is 0 Å². The van der Waals surface area contributed by atoms with Crippen molar-refractivity contribution in [1.82, 2.24) is 4.31 Å². The van der Waals surface area contributed by atoms with Crippen LogP contribution in [0.5, 0.6) is 0 Å². The van der Waals surface area contributed by atoms with Gasteiger partial charge in [0.15, 0.2) is 0 Å². The summed E-state index contributed by atoms with van der Waals surface area (Å²) in [5.74, 6) is -3.58. The van der Waals surface area contributed by atoms with Crippen molar-refractivity contribution in [3.8, 4) is 0 Å². The van der Waals surface area contributed by atoms with Crippen LogP contribution in [-0.2, 0) is 14.8 Å². The number of Topliss-reactive ketones (excluding diaryl/α,β-unsaturated/α-hetero) is 1. The molecule has 0 amide bonds. The van der Waals surface area contributed by atoms with Crippen molar-refractivity contribution < 1.29 is 22.0 Å². The molecule has 0 saturated carbocycles. The molecule has 4 nitrogen and oxygen atoms in total. The van der Waals surface area contributed by atoms with Crippen LogP contribution >= 0.6 is 0 Å². The topological polar surface area (TPSA) is 54.5 Å². The summed E-state index contributed by atoms with van der Waals surface area (Å²) in [5.41, 5.74) is 0. The number of carbonyl (C=O) groups excluding carboxylic acids is 1. The maximum absolute atomic E-state index is 12.4. The van der Waals surface area contributed by atoms with Gasteiger partial charge in [0.2, 0.25) is 0 Å². The first-order valence-electron chi connectivity index (χ1n) is 5.14. The van der Waals surface area contributed by atoms with Gasteiger partial charge in [-0.3, -0.25) is 4.79 Å². The molecule has 1 fully saturated rings. The van der Waals surface area contributed by atoms with Crippen molar-refractivity contribution in [2.24, 2.45) is 0 Å². The summed E-state index contributed by atoms with van der Waals surface area (Å²) < 4.78 is 48.3. The highest BCUT2D eigenvalue weighted by Crippen LogP contribution is 2.25. The van der Waals surface area contributed by atoms with E-state index >= 15 is 0 Å². The van der Waals surface area contributed by atoms with E-state index in [0.29, 0.717) is 12.8 Å². The molecule has 1 aliphatic heterocycles. The van der Waals surface area contributed by atoms with Gasteiger partial charge in [0.1, 0.15) is 5.78 Å². The number of nitrogens with zero attached hydrogens (tertiary/aromatic N) is 1. The van der Waals surface area contributed by atoms with E-state index < -0.39 is 21.8 Å². The van der Waals surface area contributed by atoms with E-state index in [0.717, 1.165) is 10.7 Å². The van der Waals surface area contributed by atoms with Crippen LogP contribution in [0.3, 0.4) is 0 Å². The Balaban J connectivity index is 2.86. The van der Waals surface area contributed by atoms with Gasteiger partial charge in [-0.25, -0.2) is 8.42 Å². The SMILES string of the molecule is CC(=O)CC1CCCCN1S(=O)(=O)C(F)F. The minimum absolute atomic E-state index is 0.0198. The minimum atomic E-state index is -4.55. The van der Waals surface area contributed by atoms with Crippen LogP contribution in [0.4, 0.5) is 8.78 Å². The first kappa shape index (κ1) is 13.5. The number of carbonyl (C=O) groups is 1. The first-order chi connectivity index (χ1) is 7.35. The molecule has 16 heavy (non-hydrogen) atoms. The zero-order valence-electron chi connectivity index (χ0n) is 9.03. The number of rotatable bonds is 4. The van der Waals surface area contributed by atoms with Crippen molar-refractivity contribution in [2.45, 2.75) is 44.4 Å². The molecular weight excluding hydrogens is 240 g/mol. The molecule has 0 N–H and O–H groups in total. The average molecular weight is 255 g/mol. The highest BCUT2D eigenvalue weighted by Gasteiger charge is 2.38. The van der Waals surface area contributed by atoms with Crippen LogP contribution in [0.1, 0.15) is 32.6 Å². The van der Waals surface area contributed by atoms with Crippen LogP contribution in [0.2, 0.25) is 0 Å². The number of ketones is 1. The molecule has 0 bridgehead atoms. The number of alkyl halides is 2. The molecule has 1 atom stereocenters. The Labute approximate surface area is 93.7 Å². The summed E-state index contributed by atoms with van der Waals surface area (Å²) in [6.07, 6.45) is 1.84. The number of hydrogen-bond donors (Lipinski definition) is 0. The molecule has 94 valence electrons. The molecule has 0 aromatic carbocycles. The van der Waals surface area contributed by atoms with Crippen LogP contribution in [0.25, 0.3) is 0 Å². The zero-order chi connectivity index (χ0) is 12.3.